The predicted octanol–water partition coefficient (Wildman–Crippen LogP) is 3.16. The van der Waals surface area contributed by atoms with Crippen LogP contribution in [0.3, 0.4) is 0 Å². The van der Waals surface area contributed by atoms with Crippen LogP contribution in [-0.2, 0) is 4.79 Å². The molecule has 1 saturated carbocycles. The molecular weight excluding hydrogens is 325 g/mol. The Balaban J connectivity index is 1.77. The van der Waals surface area contributed by atoms with Gasteiger partial charge in [-0.15, -0.1) is 0 Å². The molecule has 1 aromatic rings. The van der Waals surface area contributed by atoms with Crippen molar-refractivity contribution in [1.29, 1.82) is 0 Å². The van der Waals surface area contributed by atoms with E-state index in [1.807, 2.05) is 0 Å². The standard InChI is InChI=1S/C18H24FN3OS/c1-12-6-5-9-16(13(12)2)20-18(24)22-21-17(23)11-10-14-7-3-4-8-15(14)19/h3-4,7-8,10-13,16H,5-6,9H2,1-2H3,(H,21,23)(H2,20,22,24)/b11-10+/t12-,13-,16+/m1/s1. The maximum Gasteiger partial charge on any atom is 0.262 e. The van der Waals surface area contributed by atoms with E-state index in [0.29, 0.717) is 28.6 Å². The van der Waals surface area contributed by atoms with E-state index in [-0.39, 0.29) is 5.82 Å². The van der Waals surface area contributed by atoms with E-state index in [9.17, 15) is 9.18 Å². The summed E-state index contributed by atoms with van der Waals surface area (Å²) in [4.78, 5) is 11.8. The number of carbonyl (C=O) groups excluding carboxylic acids is 1. The van der Waals surface area contributed by atoms with Crippen molar-refractivity contribution < 1.29 is 9.18 Å². The Morgan fingerprint density at radius 2 is 2.00 bits per heavy atom. The number of halogens is 1. The molecule has 130 valence electrons. The molecule has 0 spiro atoms. The van der Waals surface area contributed by atoms with Gasteiger partial charge in [0.05, 0.1) is 0 Å². The van der Waals surface area contributed by atoms with Gasteiger partial charge in [0.1, 0.15) is 5.82 Å². The maximum absolute atomic E-state index is 13.5. The van der Waals surface area contributed by atoms with Gasteiger partial charge < -0.3 is 5.32 Å². The van der Waals surface area contributed by atoms with Gasteiger partial charge in [0.25, 0.3) is 5.91 Å². The molecule has 24 heavy (non-hydrogen) atoms. The van der Waals surface area contributed by atoms with Crippen molar-refractivity contribution >= 4 is 29.3 Å². The second-order valence-electron chi connectivity index (χ2n) is 6.32. The minimum Gasteiger partial charge on any atom is -0.358 e. The van der Waals surface area contributed by atoms with Crippen LogP contribution in [0.2, 0.25) is 0 Å². The van der Waals surface area contributed by atoms with Gasteiger partial charge in [-0.25, -0.2) is 4.39 Å². The van der Waals surface area contributed by atoms with Crippen molar-refractivity contribution in [2.75, 3.05) is 0 Å². The van der Waals surface area contributed by atoms with Crippen molar-refractivity contribution in [3.05, 3.63) is 41.7 Å². The Morgan fingerprint density at radius 3 is 2.75 bits per heavy atom. The highest BCUT2D eigenvalue weighted by Gasteiger charge is 2.27. The number of thiocarbonyl (C=S) groups is 1. The lowest BCUT2D eigenvalue weighted by atomic mass is 9.78. The molecule has 3 N–H and O–H groups in total. The zero-order chi connectivity index (χ0) is 17.5. The van der Waals surface area contributed by atoms with Gasteiger partial charge >= 0.3 is 0 Å². The fourth-order valence-corrected chi connectivity index (χ4v) is 3.13. The van der Waals surface area contributed by atoms with Crippen LogP contribution in [0.4, 0.5) is 4.39 Å². The van der Waals surface area contributed by atoms with E-state index in [2.05, 4.69) is 30.0 Å². The predicted molar refractivity (Wildman–Crippen MR) is 98.4 cm³/mol. The third-order valence-corrected chi connectivity index (χ3v) is 4.86. The first kappa shape index (κ1) is 18.4. The van der Waals surface area contributed by atoms with Gasteiger partial charge in [-0.3, -0.25) is 15.6 Å². The molecule has 1 aromatic carbocycles. The summed E-state index contributed by atoms with van der Waals surface area (Å²) in [6.07, 6.45) is 6.20. The normalized spacial score (nSPS) is 23.7. The quantitative estimate of drug-likeness (QED) is 0.446. The van der Waals surface area contributed by atoms with Gasteiger partial charge in [-0.05, 0) is 42.6 Å². The Morgan fingerprint density at radius 1 is 1.25 bits per heavy atom. The molecule has 0 bridgehead atoms. The second-order valence-corrected chi connectivity index (χ2v) is 6.72. The second kappa shape index (κ2) is 8.78. The van der Waals surface area contributed by atoms with E-state index in [1.165, 1.54) is 31.1 Å². The fourth-order valence-electron chi connectivity index (χ4n) is 2.93. The Bertz CT molecular complexity index is 620. The summed E-state index contributed by atoms with van der Waals surface area (Å²) < 4.78 is 13.5. The number of amides is 1. The number of rotatable bonds is 3. The van der Waals surface area contributed by atoms with Gasteiger partial charge in [-0.2, -0.15) is 0 Å². The first-order valence-corrected chi connectivity index (χ1v) is 8.67. The number of hydrogen-bond donors (Lipinski definition) is 3. The maximum atomic E-state index is 13.5. The molecule has 0 saturated heterocycles. The molecule has 4 nitrogen and oxygen atoms in total. The summed E-state index contributed by atoms with van der Waals surface area (Å²) in [5.41, 5.74) is 5.54. The van der Waals surface area contributed by atoms with Crippen LogP contribution < -0.4 is 16.2 Å². The monoisotopic (exact) mass is 349 g/mol. The Kier molecular flexibility index (Phi) is 6.73. The molecule has 0 radical (unpaired) electrons. The molecule has 6 heteroatoms. The average Bonchev–Trinajstić information content (AvgIpc) is 2.56. The largest absolute Gasteiger partial charge is 0.358 e. The number of benzene rings is 1. The summed E-state index contributed by atoms with van der Waals surface area (Å²) in [5.74, 6) is 0.437. The summed E-state index contributed by atoms with van der Waals surface area (Å²) in [5, 5.41) is 3.66. The molecule has 3 atom stereocenters. The lowest BCUT2D eigenvalue weighted by molar-refractivity contribution is -0.116. The van der Waals surface area contributed by atoms with E-state index >= 15 is 0 Å². The van der Waals surface area contributed by atoms with Crippen LogP contribution in [0.1, 0.15) is 38.7 Å². The molecule has 0 heterocycles. The smallest absolute Gasteiger partial charge is 0.262 e. The number of nitrogens with one attached hydrogen (secondary N) is 3. The number of hydrogen-bond acceptors (Lipinski definition) is 2. The first-order chi connectivity index (χ1) is 11.5. The zero-order valence-corrected chi connectivity index (χ0v) is 14.8. The Hall–Kier alpha value is -1.95. The van der Waals surface area contributed by atoms with Crippen LogP contribution >= 0.6 is 12.2 Å². The first-order valence-electron chi connectivity index (χ1n) is 8.26. The van der Waals surface area contributed by atoms with Crippen LogP contribution in [0, 0.1) is 17.7 Å². The lowest BCUT2D eigenvalue weighted by Crippen LogP contribution is -2.52. The number of hydrazine groups is 1. The van der Waals surface area contributed by atoms with Gasteiger partial charge in [0.2, 0.25) is 0 Å². The molecule has 2 rings (SSSR count). The zero-order valence-electron chi connectivity index (χ0n) is 14.0. The van der Waals surface area contributed by atoms with E-state index in [1.54, 1.807) is 18.2 Å². The van der Waals surface area contributed by atoms with Gasteiger partial charge in [-0.1, -0.05) is 44.9 Å². The highest BCUT2D eigenvalue weighted by molar-refractivity contribution is 7.80. The van der Waals surface area contributed by atoms with Crippen molar-refractivity contribution in [3.8, 4) is 0 Å². The molecule has 0 aliphatic heterocycles. The summed E-state index contributed by atoms with van der Waals surface area (Å²) in [7, 11) is 0. The molecule has 1 aliphatic rings. The van der Waals surface area contributed by atoms with Gasteiger partial charge in [0, 0.05) is 17.7 Å². The number of carbonyl (C=O) groups is 1. The summed E-state index contributed by atoms with van der Waals surface area (Å²) in [6, 6.07) is 6.58. The molecular formula is C18H24FN3OS. The van der Waals surface area contributed by atoms with Crippen molar-refractivity contribution in [1.82, 2.24) is 16.2 Å². The lowest BCUT2D eigenvalue weighted by Gasteiger charge is -2.35. The minimum atomic E-state index is -0.396. The van der Waals surface area contributed by atoms with E-state index < -0.39 is 5.91 Å². The molecule has 1 amide bonds. The van der Waals surface area contributed by atoms with E-state index in [4.69, 9.17) is 12.2 Å². The van der Waals surface area contributed by atoms with E-state index in [0.717, 1.165) is 6.42 Å². The van der Waals surface area contributed by atoms with Crippen molar-refractivity contribution in [3.63, 3.8) is 0 Å². The summed E-state index contributed by atoms with van der Waals surface area (Å²) in [6.45, 7) is 4.48. The van der Waals surface area contributed by atoms with Crippen molar-refractivity contribution in [2.24, 2.45) is 11.8 Å². The molecule has 1 fully saturated rings. The Labute approximate surface area is 147 Å². The topological polar surface area (TPSA) is 53.2 Å². The minimum absolute atomic E-state index is 0.319. The average molecular weight is 349 g/mol. The highest BCUT2D eigenvalue weighted by Crippen LogP contribution is 2.29. The SMILES string of the molecule is C[C@@H]1[C@H](C)CCC[C@@H]1NC(=S)NNC(=O)/C=C/c1ccccc1F. The van der Waals surface area contributed by atoms with Crippen LogP contribution in [0.25, 0.3) is 6.08 Å². The third kappa shape index (κ3) is 5.30. The van der Waals surface area contributed by atoms with Crippen molar-refractivity contribution in [2.45, 2.75) is 39.2 Å². The third-order valence-electron chi connectivity index (χ3n) is 4.64. The van der Waals surface area contributed by atoms with Crippen LogP contribution in [-0.4, -0.2) is 17.1 Å². The molecule has 1 aliphatic carbocycles. The summed E-state index contributed by atoms with van der Waals surface area (Å²) >= 11 is 5.22. The highest BCUT2D eigenvalue weighted by atomic mass is 32.1. The molecule has 0 aromatic heterocycles. The fraction of sp³-hybridized carbons (Fsp3) is 0.444. The van der Waals surface area contributed by atoms with Crippen LogP contribution in [0.15, 0.2) is 30.3 Å². The van der Waals surface area contributed by atoms with Crippen LogP contribution in [0.5, 0.6) is 0 Å². The molecule has 0 unspecified atom stereocenters. The van der Waals surface area contributed by atoms with Gasteiger partial charge in [0.15, 0.2) is 5.11 Å².